The maximum absolute atomic E-state index is 11.5. The molecule has 1 amide bonds. The molecule has 1 heterocycles. The van der Waals surface area contributed by atoms with Crippen LogP contribution in [-0.4, -0.2) is 28.4 Å². The van der Waals surface area contributed by atoms with Crippen LogP contribution in [0.25, 0.3) is 0 Å². The van der Waals surface area contributed by atoms with Crippen LogP contribution in [0.1, 0.15) is 13.8 Å². The Labute approximate surface area is 98.4 Å². The maximum atomic E-state index is 11.5. The van der Waals surface area contributed by atoms with Gasteiger partial charge < -0.3 is 10.6 Å². The summed E-state index contributed by atoms with van der Waals surface area (Å²) in [7, 11) is 0. The Morgan fingerprint density at radius 3 is 2.94 bits per heavy atom. The summed E-state index contributed by atoms with van der Waals surface area (Å²) in [6, 6.07) is 0.921. The lowest BCUT2D eigenvalue weighted by molar-refractivity contribution is -0.384. The second kappa shape index (κ2) is 5.78. The molecule has 7 heteroatoms. The molecule has 0 aliphatic carbocycles. The number of nitro groups is 1. The first kappa shape index (κ1) is 12.9. The minimum atomic E-state index is -0.545. The summed E-state index contributed by atoms with van der Waals surface area (Å²) in [5, 5.41) is 16.1. The van der Waals surface area contributed by atoms with Crippen molar-refractivity contribution in [2.45, 2.75) is 19.9 Å². The zero-order valence-corrected chi connectivity index (χ0v) is 9.64. The molecule has 1 unspecified atom stereocenters. The van der Waals surface area contributed by atoms with Crippen LogP contribution in [0.2, 0.25) is 0 Å². The fourth-order valence-corrected chi connectivity index (χ4v) is 1.28. The van der Waals surface area contributed by atoms with E-state index in [-0.39, 0.29) is 17.3 Å². The Balaban J connectivity index is 2.81. The molecule has 1 atom stereocenters. The molecular formula is C10H14N4O3. The highest BCUT2D eigenvalue weighted by Gasteiger charge is 2.18. The fraction of sp³-hybridized carbons (Fsp3) is 0.400. The van der Waals surface area contributed by atoms with E-state index in [1.165, 1.54) is 12.3 Å². The molecular weight excluding hydrogens is 224 g/mol. The monoisotopic (exact) mass is 238 g/mol. The Hall–Kier alpha value is -2.18. The van der Waals surface area contributed by atoms with E-state index in [9.17, 15) is 14.9 Å². The smallest absolute Gasteiger partial charge is 0.310 e. The summed E-state index contributed by atoms with van der Waals surface area (Å²) in [6.07, 6.45) is 2.58. The third kappa shape index (κ3) is 3.40. The normalized spacial score (nSPS) is 11.6. The van der Waals surface area contributed by atoms with Crippen LogP contribution >= 0.6 is 0 Å². The number of nitrogens with zero attached hydrogens (tertiary/aromatic N) is 2. The van der Waals surface area contributed by atoms with Crippen molar-refractivity contribution >= 4 is 17.3 Å². The summed E-state index contributed by atoms with van der Waals surface area (Å²) in [4.78, 5) is 25.3. The van der Waals surface area contributed by atoms with E-state index in [1.807, 2.05) is 0 Å². The van der Waals surface area contributed by atoms with E-state index < -0.39 is 11.0 Å². The zero-order valence-electron chi connectivity index (χ0n) is 9.64. The van der Waals surface area contributed by atoms with Crippen LogP contribution in [0.5, 0.6) is 0 Å². The van der Waals surface area contributed by atoms with E-state index >= 15 is 0 Å². The van der Waals surface area contributed by atoms with Gasteiger partial charge in [-0.3, -0.25) is 19.9 Å². The van der Waals surface area contributed by atoms with Gasteiger partial charge in [0.05, 0.1) is 4.92 Å². The molecule has 17 heavy (non-hydrogen) atoms. The van der Waals surface area contributed by atoms with Gasteiger partial charge >= 0.3 is 5.69 Å². The van der Waals surface area contributed by atoms with Gasteiger partial charge in [0.15, 0.2) is 0 Å². The van der Waals surface area contributed by atoms with Crippen LogP contribution in [0.15, 0.2) is 18.5 Å². The molecule has 1 aromatic heterocycles. The number of amides is 1. The van der Waals surface area contributed by atoms with Crippen molar-refractivity contribution in [3.63, 3.8) is 0 Å². The predicted octanol–water partition coefficient (Wildman–Crippen LogP) is 0.926. The van der Waals surface area contributed by atoms with Crippen molar-refractivity contribution in [1.29, 1.82) is 0 Å². The molecule has 0 saturated carbocycles. The Morgan fingerprint density at radius 2 is 2.35 bits per heavy atom. The van der Waals surface area contributed by atoms with Gasteiger partial charge in [0.1, 0.15) is 17.9 Å². The minimum Gasteiger partial charge on any atom is -0.368 e. The average Bonchev–Trinajstić information content (AvgIpc) is 2.29. The van der Waals surface area contributed by atoms with Gasteiger partial charge in [-0.2, -0.15) is 0 Å². The number of rotatable bonds is 5. The topological polar surface area (TPSA) is 97.2 Å². The number of carbonyl (C=O) groups is 1. The number of aromatic nitrogens is 1. The standard InChI is InChI=1S/C10H14N4O3/c1-3-12-10(15)7(2)13-8-4-5-11-6-9(8)14(16)17/h4-7H,3H2,1-2H3,(H,11,13)(H,12,15). The molecule has 0 fully saturated rings. The lowest BCUT2D eigenvalue weighted by Crippen LogP contribution is -2.37. The highest BCUT2D eigenvalue weighted by atomic mass is 16.6. The van der Waals surface area contributed by atoms with Crippen molar-refractivity contribution in [1.82, 2.24) is 10.3 Å². The molecule has 7 nitrogen and oxygen atoms in total. The zero-order chi connectivity index (χ0) is 12.8. The Bertz CT molecular complexity index is 422. The van der Waals surface area contributed by atoms with Gasteiger partial charge in [-0.05, 0) is 19.9 Å². The van der Waals surface area contributed by atoms with Crippen LogP contribution < -0.4 is 10.6 Å². The van der Waals surface area contributed by atoms with Crippen molar-refractivity contribution in [3.8, 4) is 0 Å². The maximum Gasteiger partial charge on any atom is 0.310 e. The molecule has 0 saturated heterocycles. The van der Waals surface area contributed by atoms with Gasteiger partial charge in [0.2, 0.25) is 5.91 Å². The molecule has 2 N–H and O–H groups in total. The molecule has 0 aromatic carbocycles. The number of hydrogen-bond acceptors (Lipinski definition) is 5. The van der Waals surface area contributed by atoms with Gasteiger partial charge in [-0.1, -0.05) is 0 Å². The first-order valence-corrected chi connectivity index (χ1v) is 5.19. The van der Waals surface area contributed by atoms with E-state index in [2.05, 4.69) is 15.6 Å². The first-order valence-electron chi connectivity index (χ1n) is 5.19. The number of pyridine rings is 1. The van der Waals surface area contributed by atoms with Crippen molar-refractivity contribution in [3.05, 3.63) is 28.6 Å². The predicted molar refractivity (Wildman–Crippen MR) is 62.7 cm³/mol. The highest BCUT2D eigenvalue weighted by Crippen LogP contribution is 2.22. The number of nitrogens with one attached hydrogen (secondary N) is 2. The molecule has 0 radical (unpaired) electrons. The number of likely N-dealkylation sites (N-methyl/N-ethyl adjacent to an activating group) is 1. The van der Waals surface area contributed by atoms with Crippen LogP contribution in [0.4, 0.5) is 11.4 Å². The minimum absolute atomic E-state index is 0.149. The van der Waals surface area contributed by atoms with Crippen LogP contribution in [-0.2, 0) is 4.79 Å². The van der Waals surface area contributed by atoms with Crippen LogP contribution in [0, 0.1) is 10.1 Å². The average molecular weight is 238 g/mol. The van der Waals surface area contributed by atoms with Crippen molar-refractivity contribution in [2.24, 2.45) is 0 Å². The van der Waals surface area contributed by atoms with E-state index in [4.69, 9.17) is 0 Å². The molecule has 0 bridgehead atoms. The SMILES string of the molecule is CCNC(=O)C(C)Nc1ccncc1[N+](=O)[O-]. The third-order valence-corrected chi connectivity index (χ3v) is 2.11. The number of anilines is 1. The molecule has 0 aliphatic rings. The number of hydrogen-bond donors (Lipinski definition) is 2. The first-order chi connectivity index (χ1) is 8.06. The number of carbonyl (C=O) groups excluding carboxylic acids is 1. The quantitative estimate of drug-likeness (QED) is 0.587. The van der Waals surface area contributed by atoms with Crippen molar-refractivity contribution in [2.75, 3.05) is 11.9 Å². The lowest BCUT2D eigenvalue weighted by atomic mass is 10.2. The summed E-state index contributed by atoms with van der Waals surface area (Å²) in [6.45, 7) is 3.96. The lowest BCUT2D eigenvalue weighted by Gasteiger charge is -2.14. The summed E-state index contributed by atoms with van der Waals surface area (Å²) in [5.74, 6) is -0.210. The molecule has 92 valence electrons. The fourth-order valence-electron chi connectivity index (χ4n) is 1.28. The Kier molecular flexibility index (Phi) is 4.38. The second-order valence-electron chi connectivity index (χ2n) is 3.41. The summed E-state index contributed by atoms with van der Waals surface area (Å²) < 4.78 is 0. The van der Waals surface area contributed by atoms with Gasteiger partial charge in [-0.15, -0.1) is 0 Å². The van der Waals surface area contributed by atoms with Crippen molar-refractivity contribution < 1.29 is 9.72 Å². The van der Waals surface area contributed by atoms with E-state index in [0.29, 0.717) is 6.54 Å². The molecule has 0 spiro atoms. The third-order valence-electron chi connectivity index (χ3n) is 2.11. The van der Waals surface area contributed by atoms with Gasteiger partial charge in [0.25, 0.3) is 0 Å². The van der Waals surface area contributed by atoms with E-state index in [0.717, 1.165) is 6.20 Å². The van der Waals surface area contributed by atoms with Gasteiger partial charge in [-0.25, -0.2) is 0 Å². The summed E-state index contributed by atoms with van der Waals surface area (Å²) >= 11 is 0. The highest BCUT2D eigenvalue weighted by molar-refractivity contribution is 5.84. The molecule has 1 rings (SSSR count). The molecule has 0 aliphatic heterocycles. The van der Waals surface area contributed by atoms with Crippen LogP contribution in [0.3, 0.4) is 0 Å². The second-order valence-corrected chi connectivity index (χ2v) is 3.41. The largest absolute Gasteiger partial charge is 0.368 e. The van der Waals surface area contributed by atoms with Gasteiger partial charge in [0, 0.05) is 12.7 Å². The summed E-state index contributed by atoms with van der Waals surface area (Å²) in [5.41, 5.74) is 0.132. The van der Waals surface area contributed by atoms with E-state index in [1.54, 1.807) is 13.8 Å². The molecule has 1 aromatic rings. The Morgan fingerprint density at radius 1 is 1.65 bits per heavy atom.